The van der Waals surface area contributed by atoms with Crippen LogP contribution in [0.25, 0.3) is 0 Å². The van der Waals surface area contributed by atoms with E-state index in [-0.39, 0.29) is 0 Å². The lowest BCUT2D eigenvalue weighted by Gasteiger charge is -2.13. The molecule has 86 valence electrons. The van der Waals surface area contributed by atoms with Crippen LogP contribution < -0.4 is 5.32 Å². The van der Waals surface area contributed by atoms with Gasteiger partial charge in [0.15, 0.2) is 0 Å². The first-order chi connectivity index (χ1) is 7.09. The fourth-order valence-electron chi connectivity index (χ4n) is 1.47. The first kappa shape index (κ1) is 12.2. The van der Waals surface area contributed by atoms with E-state index < -0.39 is 0 Å². The van der Waals surface area contributed by atoms with Crippen molar-refractivity contribution in [1.29, 1.82) is 0 Å². The molecule has 0 amide bonds. The lowest BCUT2D eigenvalue weighted by molar-refractivity contribution is 0.437. The maximum Gasteiger partial charge on any atom is 0.0615 e. The minimum atomic E-state index is 0.436. The monoisotopic (exact) mass is 209 g/mol. The molecule has 1 N–H and O–H groups in total. The van der Waals surface area contributed by atoms with Crippen LogP contribution in [0.4, 0.5) is 0 Å². The number of rotatable bonds is 6. The molecule has 0 saturated heterocycles. The molecule has 0 radical (unpaired) electrons. The van der Waals surface area contributed by atoms with Gasteiger partial charge in [-0.15, -0.1) is 0 Å². The Balaban J connectivity index is 2.21. The second-order valence-corrected chi connectivity index (χ2v) is 4.67. The second kappa shape index (κ2) is 5.91. The molecule has 0 aliphatic carbocycles. The summed E-state index contributed by atoms with van der Waals surface area (Å²) in [5.41, 5.74) is 1.09. The van der Waals surface area contributed by atoms with Crippen molar-refractivity contribution in [3.05, 3.63) is 18.0 Å². The van der Waals surface area contributed by atoms with E-state index in [1.54, 1.807) is 0 Å². The van der Waals surface area contributed by atoms with Crippen molar-refractivity contribution >= 4 is 0 Å². The van der Waals surface area contributed by atoms with Gasteiger partial charge in [-0.2, -0.15) is 5.10 Å². The van der Waals surface area contributed by atoms with Gasteiger partial charge in [-0.25, -0.2) is 0 Å². The SMILES string of the molecule is Cc1ccn(C(C)CNCCC(C)C)n1. The topological polar surface area (TPSA) is 29.9 Å². The van der Waals surface area contributed by atoms with Crippen molar-refractivity contribution in [3.8, 4) is 0 Å². The van der Waals surface area contributed by atoms with E-state index in [9.17, 15) is 0 Å². The van der Waals surface area contributed by atoms with E-state index in [2.05, 4.69) is 31.2 Å². The third kappa shape index (κ3) is 4.47. The average Bonchev–Trinajstić information content (AvgIpc) is 2.59. The normalized spacial score (nSPS) is 13.4. The summed E-state index contributed by atoms with van der Waals surface area (Å²) in [6, 6.07) is 2.48. The van der Waals surface area contributed by atoms with Crippen LogP contribution in [-0.4, -0.2) is 22.9 Å². The van der Waals surface area contributed by atoms with Crippen LogP contribution in [0.5, 0.6) is 0 Å². The van der Waals surface area contributed by atoms with Crippen LogP contribution >= 0.6 is 0 Å². The summed E-state index contributed by atoms with van der Waals surface area (Å²) < 4.78 is 2.03. The Morgan fingerprint density at radius 2 is 2.13 bits per heavy atom. The highest BCUT2D eigenvalue weighted by molar-refractivity contribution is 4.95. The van der Waals surface area contributed by atoms with Gasteiger partial charge in [0.2, 0.25) is 0 Å². The van der Waals surface area contributed by atoms with Crippen LogP contribution in [0.15, 0.2) is 12.3 Å². The summed E-state index contributed by atoms with van der Waals surface area (Å²) in [7, 11) is 0. The molecule has 0 aliphatic heterocycles. The maximum atomic E-state index is 4.40. The molecule has 0 saturated carbocycles. The Hall–Kier alpha value is -0.830. The Labute approximate surface area is 92.9 Å². The zero-order valence-corrected chi connectivity index (χ0v) is 10.3. The lowest BCUT2D eigenvalue weighted by Crippen LogP contribution is -2.25. The Morgan fingerprint density at radius 3 is 2.67 bits per heavy atom. The fraction of sp³-hybridized carbons (Fsp3) is 0.750. The minimum absolute atomic E-state index is 0.436. The standard InChI is InChI=1S/C12H23N3/c1-10(2)5-7-13-9-12(4)15-8-6-11(3)14-15/h6,8,10,12-13H,5,7,9H2,1-4H3. The molecule has 1 heterocycles. The molecule has 1 aromatic heterocycles. The number of hydrogen-bond donors (Lipinski definition) is 1. The van der Waals surface area contributed by atoms with E-state index >= 15 is 0 Å². The summed E-state index contributed by atoms with van der Waals surface area (Å²) in [5, 5.41) is 7.86. The molecule has 0 aliphatic rings. The first-order valence-corrected chi connectivity index (χ1v) is 5.82. The van der Waals surface area contributed by atoms with E-state index in [1.807, 2.05) is 23.9 Å². The van der Waals surface area contributed by atoms with Gasteiger partial charge in [0, 0.05) is 12.7 Å². The summed E-state index contributed by atoms with van der Waals surface area (Å²) in [4.78, 5) is 0. The molecule has 0 spiro atoms. The van der Waals surface area contributed by atoms with Gasteiger partial charge >= 0.3 is 0 Å². The van der Waals surface area contributed by atoms with E-state index in [0.29, 0.717) is 6.04 Å². The molecule has 15 heavy (non-hydrogen) atoms. The van der Waals surface area contributed by atoms with Gasteiger partial charge in [-0.05, 0) is 38.8 Å². The molecule has 1 atom stereocenters. The van der Waals surface area contributed by atoms with Crippen molar-refractivity contribution < 1.29 is 0 Å². The summed E-state index contributed by atoms with van der Waals surface area (Å²) >= 11 is 0. The molecular formula is C12H23N3. The fourth-order valence-corrected chi connectivity index (χ4v) is 1.47. The average molecular weight is 209 g/mol. The van der Waals surface area contributed by atoms with E-state index in [1.165, 1.54) is 6.42 Å². The molecule has 0 aromatic carbocycles. The van der Waals surface area contributed by atoms with Gasteiger partial charge < -0.3 is 5.32 Å². The van der Waals surface area contributed by atoms with Crippen molar-refractivity contribution in [2.45, 2.75) is 40.2 Å². The van der Waals surface area contributed by atoms with Gasteiger partial charge in [-0.1, -0.05) is 13.8 Å². The number of nitrogens with zero attached hydrogens (tertiary/aromatic N) is 2. The molecule has 1 aromatic rings. The van der Waals surface area contributed by atoms with Crippen LogP contribution in [0, 0.1) is 12.8 Å². The largest absolute Gasteiger partial charge is 0.315 e. The van der Waals surface area contributed by atoms with Gasteiger partial charge in [0.1, 0.15) is 0 Å². The van der Waals surface area contributed by atoms with Crippen molar-refractivity contribution in [3.63, 3.8) is 0 Å². The number of aryl methyl sites for hydroxylation is 1. The molecule has 1 rings (SSSR count). The molecular weight excluding hydrogens is 186 g/mol. The Morgan fingerprint density at radius 1 is 1.40 bits per heavy atom. The predicted molar refractivity (Wildman–Crippen MR) is 64.0 cm³/mol. The molecule has 3 nitrogen and oxygen atoms in total. The van der Waals surface area contributed by atoms with Gasteiger partial charge in [-0.3, -0.25) is 4.68 Å². The van der Waals surface area contributed by atoms with E-state index in [0.717, 1.165) is 24.7 Å². The van der Waals surface area contributed by atoms with Crippen LogP contribution in [-0.2, 0) is 0 Å². The Bertz CT molecular complexity index is 278. The minimum Gasteiger partial charge on any atom is -0.315 e. The highest BCUT2D eigenvalue weighted by Crippen LogP contribution is 2.04. The van der Waals surface area contributed by atoms with Crippen molar-refractivity contribution in [2.75, 3.05) is 13.1 Å². The third-order valence-electron chi connectivity index (χ3n) is 2.53. The van der Waals surface area contributed by atoms with Crippen LogP contribution in [0.3, 0.4) is 0 Å². The maximum absolute atomic E-state index is 4.40. The lowest BCUT2D eigenvalue weighted by atomic mass is 10.1. The highest BCUT2D eigenvalue weighted by atomic mass is 15.3. The molecule has 1 unspecified atom stereocenters. The zero-order chi connectivity index (χ0) is 11.3. The highest BCUT2D eigenvalue weighted by Gasteiger charge is 2.04. The van der Waals surface area contributed by atoms with Crippen LogP contribution in [0.1, 0.15) is 38.9 Å². The number of nitrogens with one attached hydrogen (secondary N) is 1. The summed E-state index contributed by atoms with van der Waals surface area (Å²) in [5.74, 6) is 0.778. The summed E-state index contributed by atoms with van der Waals surface area (Å²) in [6.07, 6.45) is 3.29. The van der Waals surface area contributed by atoms with Gasteiger partial charge in [0.25, 0.3) is 0 Å². The van der Waals surface area contributed by atoms with Crippen molar-refractivity contribution in [2.24, 2.45) is 5.92 Å². The number of aromatic nitrogens is 2. The van der Waals surface area contributed by atoms with Crippen molar-refractivity contribution in [1.82, 2.24) is 15.1 Å². The Kier molecular flexibility index (Phi) is 4.82. The third-order valence-corrected chi connectivity index (χ3v) is 2.53. The summed E-state index contributed by atoms with van der Waals surface area (Å²) in [6.45, 7) is 10.8. The van der Waals surface area contributed by atoms with E-state index in [4.69, 9.17) is 0 Å². The predicted octanol–water partition coefficient (Wildman–Crippen LogP) is 2.39. The first-order valence-electron chi connectivity index (χ1n) is 5.82. The molecule has 0 bridgehead atoms. The quantitative estimate of drug-likeness (QED) is 0.729. The molecule has 3 heteroatoms. The van der Waals surface area contributed by atoms with Crippen LogP contribution in [0.2, 0.25) is 0 Å². The second-order valence-electron chi connectivity index (χ2n) is 4.67. The smallest absolute Gasteiger partial charge is 0.0615 e. The number of hydrogen-bond acceptors (Lipinski definition) is 2. The zero-order valence-electron chi connectivity index (χ0n) is 10.3. The molecule has 0 fully saturated rings. The van der Waals surface area contributed by atoms with Gasteiger partial charge in [0.05, 0.1) is 11.7 Å².